The highest BCUT2D eigenvalue weighted by molar-refractivity contribution is 6.30. The minimum absolute atomic E-state index is 0.111. The summed E-state index contributed by atoms with van der Waals surface area (Å²) in [6, 6.07) is 5.80. The van der Waals surface area contributed by atoms with Gasteiger partial charge in [0, 0.05) is 23.6 Å². The lowest BCUT2D eigenvalue weighted by Gasteiger charge is -2.09. The molecule has 1 aromatic carbocycles. The van der Waals surface area contributed by atoms with Crippen molar-refractivity contribution in [1.29, 1.82) is 5.26 Å². The first-order valence-electron chi connectivity index (χ1n) is 5.22. The second kappa shape index (κ2) is 6.79. The maximum absolute atomic E-state index is 10.8. The zero-order valence-electron chi connectivity index (χ0n) is 9.72. The van der Waals surface area contributed by atoms with Gasteiger partial charge in [-0.1, -0.05) is 11.6 Å². The molecule has 0 radical (unpaired) electrons. The van der Waals surface area contributed by atoms with Crippen LogP contribution >= 0.6 is 11.6 Å². The van der Waals surface area contributed by atoms with Crippen molar-refractivity contribution in [2.45, 2.75) is 12.5 Å². The van der Waals surface area contributed by atoms with E-state index in [1.54, 1.807) is 7.05 Å². The first kappa shape index (κ1) is 14.2. The Morgan fingerprint density at radius 3 is 2.94 bits per heavy atom. The summed E-state index contributed by atoms with van der Waals surface area (Å²) in [7, 11) is 1.66. The molecule has 1 rings (SSSR count). The number of nitriles is 1. The highest BCUT2D eigenvalue weighted by Gasteiger charge is 2.15. The molecule has 0 spiro atoms. The zero-order chi connectivity index (χ0) is 13.5. The number of benzene rings is 1. The van der Waals surface area contributed by atoms with E-state index in [1.165, 1.54) is 18.2 Å². The van der Waals surface area contributed by atoms with Crippen molar-refractivity contribution < 1.29 is 9.66 Å². The van der Waals surface area contributed by atoms with Crippen molar-refractivity contribution in [3.05, 3.63) is 33.3 Å². The second-order valence-electron chi connectivity index (χ2n) is 3.48. The topological polar surface area (TPSA) is 88.2 Å². The SMILES string of the molecule is CNC(C#N)CCOc1cc(Cl)ccc1[N+](=O)[O-]. The quantitative estimate of drug-likeness (QED) is 0.631. The molecule has 96 valence electrons. The Morgan fingerprint density at radius 2 is 2.39 bits per heavy atom. The van der Waals surface area contributed by atoms with Crippen molar-refractivity contribution in [1.82, 2.24) is 5.32 Å². The van der Waals surface area contributed by atoms with E-state index in [0.717, 1.165) is 0 Å². The molecule has 0 aliphatic carbocycles. The summed E-state index contributed by atoms with van der Waals surface area (Å²) in [4.78, 5) is 10.2. The largest absolute Gasteiger partial charge is 0.487 e. The molecule has 1 unspecified atom stereocenters. The van der Waals surface area contributed by atoms with E-state index in [4.69, 9.17) is 21.6 Å². The van der Waals surface area contributed by atoms with Gasteiger partial charge in [-0.3, -0.25) is 10.1 Å². The third kappa shape index (κ3) is 3.87. The summed E-state index contributed by atoms with van der Waals surface area (Å²) in [5.41, 5.74) is -0.141. The number of hydrogen-bond donors (Lipinski definition) is 1. The number of ether oxygens (including phenoxy) is 1. The Bertz CT molecular complexity index is 473. The fraction of sp³-hybridized carbons (Fsp3) is 0.364. The summed E-state index contributed by atoms with van der Waals surface area (Å²) >= 11 is 5.75. The van der Waals surface area contributed by atoms with Crippen LogP contribution in [0.4, 0.5) is 5.69 Å². The van der Waals surface area contributed by atoms with Gasteiger partial charge in [-0.2, -0.15) is 5.26 Å². The van der Waals surface area contributed by atoms with Crippen molar-refractivity contribution in [2.24, 2.45) is 0 Å². The maximum Gasteiger partial charge on any atom is 0.311 e. The molecule has 0 aromatic heterocycles. The van der Waals surface area contributed by atoms with Crippen molar-refractivity contribution in [2.75, 3.05) is 13.7 Å². The summed E-state index contributed by atoms with van der Waals surface area (Å²) in [6.07, 6.45) is 0.427. The number of nitrogens with zero attached hydrogens (tertiary/aromatic N) is 2. The van der Waals surface area contributed by atoms with Crippen molar-refractivity contribution >= 4 is 17.3 Å². The van der Waals surface area contributed by atoms with Crippen LogP contribution in [0.5, 0.6) is 5.75 Å². The highest BCUT2D eigenvalue weighted by atomic mass is 35.5. The van der Waals surface area contributed by atoms with Gasteiger partial charge in [-0.25, -0.2) is 0 Å². The summed E-state index contributed by atoms with van der Waals surface area (Å²) < 4.78 is 5.30. The smallest absolute Gasteiger partial charge is 0.311 e. The predicted molar refractivity (Wildman–Crippen MR) is 66.7 cm³/mol. The maximum atomic E-state index is 10.8. The van der Waals surface area contributed by atoms with Crippen molar-refractivity contribution in [3.8, 4) is 11.8 Å². The van der Waals surface area contributed by atoms with Crippen LogP contribution in [0.1, 0.15) is 6.42 Å². The van der Waals surface area contributed by atoms with E-state index in [2.05, 4.69) is 5.32 Å². The Hall–Kier alpha value is -1.84. The van der Waals surface area contributed by atoms with Gasteiger partial charge in [0.25, 0.3) is 0 Å². The molecule has 0 fully saturated rings. The molecule has 0 aliphatic heterocycles. The van der Waals surface area contributed by atoms with Crippen LogP contribution in [0.25, 0.3) is 0 Å². The molecule has 1 atom stereocenters. The molecule has 0 heterocycles. The van der Waals surface area contributed by atoms with Gasteiger partial charge in [0.1, 0.15) is 0 Å². The van der Waals surface area contributed by atoms with Crippen LogP contribution in [0.3, 0.4) is 0 Å². The molecule has 1 N–H and O–H groups in total. The number of nitro groups is 1. The van der Waals surface area contributed by atoms with Gasteiger partial charge in [-0.15, -0.1) is 0 Å². The molecule has 0 saturated carbocycles. The second-order valence-corrected chi connectivity index (χ2v) is 3.91. The Morgan fingerprint density at radius 1 is 1.67 bits per heavy atom. The minimum atomic E-state index is -0.536. The lowest BCUT2D eigenvalue weighted by atomic mass is 10.2. The van der Waals surface area contributed by atoms with Crippen LogP contribution in [0, 0.1) is 21.4 Å². The number of hydrogen-bond acceptors (Lipinski definition) is 5. The number of rotatable bonds is 6. The highest BCUT2D eigenvalue weighted by Crippen LogP contribution is 2.29. The summed E-state index contributed by atoms with van der Waals surface area (Å²) in [5, 5.41) is 22.6. The molecule has 1 aromatic rings. The van der Waals surface area contributed by atoms with E-state index in [-0.39, 0.29) is 24.1 Å². The lowest BCUT2D eigenvalue weighted by Crippen LogP contribution is -2.25. The average Bonchev–Trinajstić information content (AvgIpc) is 2.34. The molecule has 18 heavy (non-hydrogen) atoms. The Labute approximate surface area is 109 Å². The zero-order valence-corrected chi connectivity index (χ0v) is 10.5. The first-order chi connectivity index (χ1) is 8.58. The van der Waals surface area contributed by atoms with E-state index < -0.39 is 4.92 Å². The van der Waals surface area contributed by atoms with Crippen LogP contribution in [0.2, 0.25) is 5.02 Å². The normalized spacial score (nSPS) is 11.6. The van der Waals surface area contributed by atoms with Crippen molar-refractivity contribution in [3.63, 3.8) is 0 Å². The molecule has 0 bridgehead atoms. The fourth-order valence-corrected chi connectivity index (χ4v) is 1.48. The van der Waals surface area contributed by atoms with Crippen LogP contribution in [0.15, 0.2) is 18.2 Å². The van der Waals surface area contributed by atoms with Gasteiger partial charge >= 0.3 is 5.69 Å². The Balaban J connectivity index is 2.69. The number of nitrogens with one attached hydrogen (secondary N) is 1. The first-order valence-corrected chi connectivity index (χ1v) is 5.60. The van der Waals surface area contributed by atoms with Gasteiger partial charge in [0.15, 0.2) is 5.75 Å². The van der Waals surface area contributed by atoms with Gasteiger partial charge in [0.05, 0.1) is 23.6 Å². The van der Waals surface area contributed by atoms with E-state index in [9.17, 15) is 10.1 Å². The lowest BCUT2D eigenvalue weighted by molar-refractivity contribution is -0.385. The number of halogens is 1. The van der Waals surface area contributed by atoms with Gasteiger partial charge in [-0.05, 0) is 13.1 Å². The summed E-state index contributed by atoms with van der Waals surface area (Å²) in [5.74, 6) is 0.111. The molecular formula is C11H12ClN3O3. The van der Waals surface area contributed by atoms with Crippen LogP contribution in [-0.2, 0) is 0 Å². The molecule has 0 saturated heterocycles. The number of nitro benzene ring substituents is 1. The van der Waals surface area contributed by atoms with Gasteiger partial charge < -0.3 is 10.1 Å². The van der Waals surface area contributed by atoms with Gasteiger partial charge in [0.2, 0.25) is 0 Å². The van der Waals surface area contributed by atoms with E-state index >= 15 is 0 Å². The molecule has 7 heteroatoms. The van der Waals surface area contributed by atoms with E-state index in [0.29, 0.717) is 11.4 Å². The predicted octanol–water partition coefficient (Wildman–Crippen LogP) is 2.13. The third-order valence-corrected chi connectivity index (χ3v) is 2.52. The minimum Gasteiger partial charge on any atom is -0.487 e. The van der Waals surface area contributed by atoms with Crippen LogP contribution < -0.4 is 10.1 Å². The fourth-order valence-electron chi connectivity index (χ4n) is 1.31. The van der Waals surface area contributed by atoms with E-state index in [1.807, 2.05) is 6.07 Å². The monoisotopic (exact) mass is 269 g/mol. The average molecular weight is 270 g/mol. The Kier molecular flexibility index (Phi) is 5.36. The van der Waals surface area contributed by atoms with Crippen LogP contribution in [-0.4, -0.2) is 24.6 Å². The molecule has 6 nitrogen and oxygen atoms in total. The molecule has 0 aliphatic rings. The summed E-state index contributed by atoms with van der Waals surface area (Å²) in [6.45, 7) is 0.195. The third-order valence-electron chi connectivity index (χ3n) is 2.29. The molecule has 0 amide bonds. The molecular weight excluding hydrogens is 258 g/mol. The standard InChI is InChI=1S/C11H12ClN3O3/c1-14-9(7-13)4-5-18-11-6-8(12)2-3-10(11)15(16)17/h2-3,6,9,14H,4-5H2,1H3.